The van der Waals surface area contributed by atoms with Crippen molar-refractivity contribution in [2.24, 2.45) is 0 Å². The minimum atomic E-state index is -0.0698. The SMILES string of the molecule is CC1(C)CN(C(=S)NC2CCCC2)CCO1. The zero-order valence-electron chi connectivity index (χ0n) is 10.3. The number of hydrogen-bond donors (Lipinski definition) is 1. The van der Waals surface area contributed by atoms with Crippen molar-refractivity contribution in [2.75, 3.05) is 19.7 Å². The number of thiocarbonyl (C=S) groups is 1. The Hall–Kier alpha value is -0.350. The van der Waals surface area contributed by atoms with Gasteiger partial charge in [-0.3, -0.25) is 0 Å². The van der Waals surface area contributed by atoms with Crippen LogP contribution in [0.25, 0.3) is 0 Å². The zero-order valence-corrected chi connectivity index (χ0v) is 11.1. The summed E-state index contributed by atoms with van der Waals surface area (Å²) < 4.78 is 5.69. The lowest BCUT2D eigenvalue weighted by atomic mass is 10.1. The van der Waals surface area contributed by atoms with Crippen molar-refractivity contribution in [3.8, 4) is 0 Å². The fraction of sp³-hybridized carbons (Fsp3) is 0.917. The van der Waals surface area contributed by atoms with E-state index in [1.165, 1.54) is 25.7 Å². The van der Waals surface area contributed by atoms with Gasteiger partial charge in [0.25, 0.3) is 0 Å². The molecule has 0 bridgehead atoms. The minimum absolute atomic E-state index is 0.0698. The minimum Gasteiger partial charge on any atom is -0.372 e. The molecule has 1 aliphatic heterocycles. The average Bonchev–Trinajstić information content (AvgIpc) is 2.69. The van der Waals surface area contributed by atoms with Crippen LogP contribution >= 0.6 is 12.2 Å². The van der Waals surface area contributed by atoms with Crippen molar-refractivity contribution in [2.45, 2.75) is 51.2 Å². The van der Waals surface area contributed by atoms with Crippen LogP contribution in [0.3, 0.4) is 0 Å². The Morgan fingerprint density at radius 2 is 2.06 bits per heavy atom. The molecule has 0 aromatic rings. The quantitative estimate of drug-likeness (QED) is 0.710. The molecule has 0 aromatic carbocycles. The van der Waals surface area contributed by atoms with Gasteiger partial charge in [0.1, 0.15) is 0 Å². The lowest BCUT2D eigenvalue weighted by Gasteiger charge is -2.40. The van der Waals surface area contributed by atoms with Gasteiger partial charge in [-0.1, -0.05) is 12.8 Å². The van der Waals surface area contributed by atoms with E-state index in [0.717, 1.165) is 24.8 Å². The second-order valence-corrected chi connectivity index (χ2v) is 5.85. The molecule has 0 radical (unpaired) electrons. The molecular weight excluding hydrogens is 220 g/mol. The van der Waals surface area contributed by atoms with Gasteiger partial charge in [0.2, 0.25) is 0 Å². The van der Waals surface area contributed by atoms with E-state index in [1.807, 2.05) is 0 Å². The topological polar surface area (TPSA) is 24.5 Å². The third-order valence-corrected chi connectivity index (χ3v) is 3.77. The third kappa shape index (κ3) is 3.08. The van der Waals surface area contributed by atoms with Crippen LogP contribution in [0.2, 0.25) is 0 Å². The van der Waals surface area contributed by atoms with Gasteiger partial charge in [-0.25, -0.2) is 0 Å². The van der Waals surface area contributed by atoms with Gasteiger partial charge in [-0.2, -0.15) is 0 Å². The maximum atomic E-state index is 5.69. The van der Waals surface area contributed by atoms with E-state index in [9.17, 15) is 0 Å². The first-order chi connectivity index (χ1) is 7.57. The smallest absolute Gasteiger partial charge is 0.169 e. The lowest BCUT2D eigenvalue weighted by Crippen LogP contribution is -2.54. The van der Waals surface area contributed by atoms with E-state index in [1.54, 1.807) is 0 Å². The summed E-state index contributed by atoms with van der Waals surface area (Å²) in [7, 11) is 0. The van der Waals surface area contributed by atoms with Crippen LogP contribution in [-0.2, 0) is 4.74 Å². The van der Waals surface area contributed by atoms with Crippen LogP contribution < -0.4 is 5.32 Å². The standard InChI is InChI=1S/C12H22N2OS/c1-12(2)9-14(7-8-15-12)11(16)13-10-5-3-4-6-10/h10H,3-9H2,1-2H3,(H,13,16). The van der Waals surface area contributed by atoms with Gasteiger partial charge < -0.3 is 15.0 Å². The van der Waals surface area contributed by atoms with Gasteiger partial charge in [0.05, 0.1) is 12.2 Å². The van der Waals surface area contributed by atoms with Crippen molar-refractivity contribution in [1.29, 1.82) is 0 Å². The highest BCUT2D eigenvalue weighted by Crippen LogP contribution is 2.20. The van der Waals surface area contributed by atoms with E-state index in [4.69, 9.17) is 17.0 Å². The average molecular weight is 242 g/mol. The Kier molecular flexibility index (Phi) is 3.70. The number of nitrogens with one attached hydrogen (secondary N) is 1. The molecule has 1 heterocycles. The molecule has 92 valence electrons. The molecule has 3 nitrogen and oxygen atoms in total. The van der Waals surface area contributed by atoms with Gasteiger partial charge in [-0.15, -0.1) is 0 Å². The summed E-state index contributed by atoms with van der Waals surface area (Å²) in [5, 5.41) is 4.41. The van der Waals surface area contributed by atoms with Crippen molar-refractivity contribution >= 4 is 17.3 Å². The lowest BCUT2D eigenvalue weighted by molar-refractivity contribution is -0.0679. The van der Waals surface area contributed by atoms with E-state index in [0.29, 0.717) is 6.04 Å². The Morgan fingerprint density at radius 1 is 1.38 bits per heavy atom. The Bertz CT molecular complexity index is 262. The van der Waals surface area contributed by atoms with Gasteiger partial charge >= 0.3 is 0 Å². The first-order valence-corrected chi connectivity index (χ1v) is 6.67. The van der Waals surface area contributed by atoms with E-state index < -0.39 is 0 Å². The molecular formula is C12H22N2OS. The predicted molar refractivity (Wildman–Crippen MR) is 69.6 cm³/mol. The van der Waals surface area contributed by atoms with E-state index in [2.05, 4.69) is 24.1 Å². The molecule has 2 fully saturated rings. The number of nitrogens with zero attached hydrogens (tertiary/aromatic N) is 1. The molecule has 1 aliphatic carbocycles. The Labute approximate surface area is 104 Å². The zero-order chi connectivity index (χ0) is 11.6. The van der Waals surface area contributed by atoms with Crippen LogP contribution in [0, 0.1) is 0 Å². The van der Waals surface area contributed by atoms with E-state index in [-0.39, 0.29) is 5.60 Å². The highest BCUT2D eigenvalue weighted by atomic mass is 32.1. The number of hydrogen-bond acceptors (Lipinski definition) is 2. The maximum Gasteiger partial charge on any atom is 0.169 e. The van der Waals surface area contributed by atoms with Crippen molar-refractivity contribution < 1.29 is 4.74 Å². The normalized spacial score (nSPS) is 25.8. The van der Waals surface area contributed by atoms with Crippen molar-refractivity contribution in [3.63, 3.8) is 0 Å². The molecule has 1 saturated carbocycles. The van der Waals surface area contributed by atoms with Crippen LogP contribution in [-0.4, -0.2) is 41.4 Å². The largest absolute Gasteiger partial charge is 0.372 e. The summed E-state index contributed by atoms with van der Waals surface area (Å²) in [5.41, 5.74) is -0.0698. The van der Waals surface area contributed by atoms with Gasteiger partial charge in [0, 0.05) is 19.1 Å². The summed E-state index contributed by atoms with van der Waals surface area (Å²) >= 11 is 5.47. The number of ether oxygens (including phenoxy) is 1. The van der Waals surface area contributed by atoms with Crippen molar-refractivity contribution in [3.05, 3.63) is 0 Å². The fourth-order valence-corrected chi connectivity index (χ4v) is 2.85. The summed E-state index contributed by atoms with van der Waals surface area (Å²) in [6, 6.07) is 0.610. The Balaban J connectivity index is 1.84. The summed E-state index contributed by atoms with van der Waals surface area (Å²) in [5.74, 6) is 0. The molecule has 1 saturated heterocycles. The molecule has 4 heteroatoms. The number of morpholine rings is 1. The predicted octanol–water partition coefficient (Wildman–Crippen LogP) is 1.91. The van der Waals surface area contributed by atoms with Crippen molar-refractivity contribution in [1.82, 2.24) is 10.2 Å². The second kappa shape index (κ2) is 4.88. The van der Waals surface area contributed by atoms with Crippen LogP contribution in [0.15, 0.2) is 0 Å². The molecule has 0 atom stereocenters. The summed E-state index contributed by atoms with van der Waals surface area (Å²) in [6.45, 7) is 6.84. The molecule has 0 aromatic heterocycles. The molecule has 2 rings (SSSR count). The monoisotopic (exact) mass is 242 g/mol. The fourth-order valence-electron chi connectivity index (χ4n) is 2.53. The molecule has 1 N–H and O–H groups in total. The van der Waals surface area contributed by atoms with Crippen LogP contribution in [0.4, 0.5) is 0 Å². The highest BCUT2D eigenvalue weighted by molar-refractivity contribution is 7.80. The van der Waals surface area contributed by atoms with Crippen LogP contribution in [0.5, 0.6) is 0 Å². The first-order valence-electron chi connectivity index (χ1n) is 6.26. The molecule has 0 spiro atoms. The first kappa shape index (κ1) is 12.1. The van der Waals surface area contributed by atoms with Gasteiger partial charge in [-0.05, 0) is 38.9 Å². The Morgan fingerprint density at radius 3 is 2.69 bits per heavy atom. The van der Waals surface area contributed by atoms with Gasteiger partial charge in [0.15, 0.2) is 5.11 Å². The second-order valence-electron chi connectivity index (χ2n) is 5.46. The highest BCUT2D eigenvalue weighted by Gasteiger charge is 2.29. The maximum absolute atomic E-state index is 5.69. The third-order valence-electron chi connectivity index (χ3n) is 3.40. The summed E-state index contributed by atoms with van der Waals surface area (Å²) in [4.78, 5) is 2.25. The number of rotatable bonds is 1. The molecule has 16 heavy (non-hydrogen) atoms. The van der Waals surface area contributed by atoms with E-state index >= 15 is 0 Å². The van der Waals surface area contributed by atoms with Crippen LogP contribution in [0.1, 0.15) is 39.5 Å². The molecule has 0 unspecified atom stereocenters. The molecule has 0 amide bonds. The molecule has 2 aliphatic rings. The summed E-state index contributed by atoms with van der Waals surface area (Å²) in [6.07, 6.45) is 5.23.